The molecule has 0 aromatic carbocycles. The SMILES string of the molecule is Cc1cnc(N2CCC3CCN(c4cncc(C)n4)C3C2)nc1. The molecule has 2 aromatic rings. The average Bonchev–Trinajstić information content (AvgIpc) is 2.98. The first-order valence-electron chi connectivity index (χ1n) is 8.29. The summed E-state index contributed by atoms with van der Waals surface area (Å²) in [5.74, 6) is 2.58. The largest absolute Gasteiger partial charge is 0.350 e. The highest BCUT2D eigenvalue weighted by molar-refractivity contribution is 5.43. The summed E-state index contributed by atoms with van der Waals surface area (Å²) in [7, 11) is 0. The van der Waals surface area contributed by atoms with Crippen LogP contribution in [-0.4, -0.2) is 45.6 Å². The summed E-state index contributed by atoms with van der Waals surface area (Å²) in [6.45, 7) is 7.08. The van der Waals surface area contributed by atoms with E-state index >= 15 is 0 Å². The number of hydrogen-bond acceptors (Lipinski definition) is 6. The molecule has 2 aliphatic heterocycles. The van der Waals surface area contributed by atoms with Gasteiger partial charge in [0.25, 0.3) is 0 Å². The molecular weight excluding hydrogens is 288 g/mol. The summed E-state index contributed by atoms with van der Waals surface area (Å²) in [6, 6.07) is 0.477. The van der Waals surface area contributed by atoms with Crippen molar-refractivity contribution in [3.05, 3.63) is 36.0 Å². The van der Waals surface area contributed by atoms with E-state index in [0.717, 1.165) is 48.6 Å². The molecule has 0 radical (unpaired) electrons. The van der Waals surface area contributed by atoms with E-state index in [4.69, 9.17) is 0 Å². The molecule has 0 N–H and O–H groups in total. The van der Waals surface area contributed by atoms with Gasteiger partial charge in [-0.25, -0.2) is 15.0 Å². The van der Waals surface area contributed by atoms with Crippen LogP contribution >= 0.6 is 0 Å². The second-order valence-electron chi connectivity index (χ2n) is 6.62. The zero-order valence-corrected chi connectivity index (χ0v) is 13.7. The Morgan fingerprint density at radius 3 is 2.57 bits per heavy atom. The smallest absolute Gasteiger partial charge is 0.225 e. The first kappa shape index (κ1) is 14.4. The molecule has 0 bridgehead atoms. The van der Waals surface area contributed by atoms with Crippen LogP contribution in [0.2, 0.25) is 0 Å². The van der Waals surface area contributed by atoms with Crippen LogP contribution < -0.4 is 9.80 Å². The van der Waals surface area contributed by atoms with Crippen molar-refractivity contribution in [1.82, 2.24) is 19.9 Å². The molecule has 4 heterocycles. The van der Waals surface area contributed by atoms with Gasteiger partial charge < -0.3 is 9.80 Å². The lowest BCUT2D eigenvalue weighted by molar-refractivity contribution is 0.386. The third kappa shape index (κ3) is 2.73. The first-order valence-corrected chi connectivity index (χ1v) is 8.29. The van der Waals surface area contributed by atoms with E-state index in [1.54, 1.807) is 0 Å². The van der Waals surface area contributed by atoms with Gasteiger partial charge in [0.05, 0.1) is 17.9 Å². The second-order valence-corrected chi connectivity index (χ2v) is 6.62. The van der Waals surface area contributed by atoms with Crippen LogP contribution in [0.4, 0.5) is 11.8 Å². The summed E-state index contributed by atoms with van der Waals surface area (Å²) < 4.78 is 0. The van der Waals surface area contributed by atoms with E-state index in [9.17, 15) is 0 Å². The van der Waals surface area contributed by atoms with Crippen LogP contribution in [0, 0.1) is 19.8 Å². The maximum atomic E-state index is 4.67. The average molecular weight is 310 g/mol. The fourth-order valence-corrected chi connectivity index (χ4v) is 3.74. The van der Waals surface area contributed by atoms with Gasteiger partial charge in [-0.15, -0.1) is 0 Å². The maximum Gasteiger partial charge on any atom is 0.225 e. The van der Waals surface area contributed by atoms with Gasteiger partial charge in [-0.3, -0.25) is 4.98 Å². The molecule has 0 aliphatic carbocycles. The molecule has 0 amide bonds. The molecule has 2 atom stereocenters. The lowest BCUT2D eigenvalue weighted by Crippen LogP contribution is -2.49. The van der Waals surface area contributed by atoms with E-state index in [2.05, 4.69) is 29.7 Å². The van der Waals surface area contributed by atoms with E-state index in [0.29, 0.717) is 6.04 Å². The van der Waals surface area contributed by atoms with E-state index in [1.807, 2.05) is 38.6 Å². The minimum absolute atomic E-state index is 0.477. The Kier molecular flexibility index (Phi) is 3.59. The molecule has 2 aromatic heterocycles. The Hall–Kier alpha value is -2.24. The molecule has 6 heteroatoms. The van der Waals surface area contributed by atoms with Crippen LogP contribution in [0.3, 0.4) is 0 Å². The Morgan fingerprint density at radius 1 is 1.00 bits per heavy atom. The van der Waals surface area contributed by atoms with Crippen molar-refractivity contribution in [1.29, 1.82) is 0 Å². The van der Waals surface area contributed by atoms with Crippen LogP contribution in [0.5, 0.6) is 0 Å². The lowest BCUT2D eigenvalue weighted by Gasteiger charge is -2.38. The van der Waals surface area contributed by atoms with Crippen molar-refractivity contribution in [2.75, 3.05) is 29.4 Å². The molecule has 4 rings (SSSR count). The molecule has 2 saturated heterocycles. The Balaban J connectivity index is 1.56. The number of rotatable bonds is 2. The van der Waals surface area contributed by atoms with Gasteiger partial charge in [0, 0.05) is 38.2 Å². The first-order chi connectivity index (χ1) is 11.2. The Bertz CT molecular complexity index is 686. The summed E-state index contributed by atoms with van der Waals surface area (Å²) in [5.41, 5.74) is 2.07. The van der Waals surface area contributed by atoms with Crippen molar-refractivity contribution in [3.63, 3.8) is 0 Å². The molecule has 0 saturated carbocycles. The van der Waals surface area contributed by atoms with Gasteiger partial charge in [0.15, 0.2) is 0 Å². The van der Waals surface area contributed by atoms with Gasteiger partial charge in [-0.2, -0.15) is 0 Å². The van der Waals surface area contributed by atoms with Gasteiger partial charge in [0.2, 0.25) is 5.95 Å². The summed E-state index contributed by atoms with van der Waals surface area (Å²) >= 11 is 0. The molecule has 6 nitrogen and oxygen atoms in total. The number of nitrogens with zero attached hydrogens (tertiary/aromatic N) is 6. The van der Waals surface area contributed by atoms with Crippen LogP contribution in [0.15, 0.2) is 24.8 Å². The summed E-state index contributed by atoms with van der Waals surface area (Å²) in [5, 5.41) is 0. The van der Waals surface area contributed by atoms with Crippen molar-refractivity contribution >= 4 is 11.8 Å². The Morgan fingerprint density at radius 2 is 1.78 bits per heavy atom. The highest BCUT2D eigenvalue weighted by Crippen LogP contribution is 2.34. The normalized spacial score (nSPS) is 23.9. The van der Waals surface area contributed by atoms with Crippen molar-refractivity contribution in [2.45, 2.75) is 32.7 Å². The standard InChI is InChI=1S/C17H22N6/c1-12-7-19-17(20-8-12)22-5-3-14-4-6-23(15(14)11-22)16-10-18-9-13(2)21-16/h7-10,14-15H,3-6,11H2,1-2H3. The number of hydrogen-bond donors (Lipinski definition) is 0. The van der Waals surface area contributed by atoms with Crippen LogP contribution in [-0.2, 0) is 0 Å². The topological polar surface area (TPSA) is 58.0 Å². The Labute approximate surface area is 136 Å². The van der Waals surface area contributed by atoms with Crippen molar-refractivity contribution in [3.8, 4) is 0 Å². The monoisotopic (exact) mass is 310 g/mol. The zero-order chi connectivity index (χ0) is 15.8. The molecule has 2 fully saturated rings. The number of anilines is 2. The minimum atomic E-state index is 0.477. The number of fused-ring (bicyclic) bond motifs is 1. The van der Waals surface area contributed by atoms with E-state index < -0.39 is 0 Å². The number of piperidine rings is 1. The second kappa shape index (κ2) is 5.76. The van der Waals surface area contributed by atoms with Gasteiger partial charge >= 0.3 is 0 Å². The third-order valence-corrected chi connectivity index (χ3v) is 4.95. The lowest BCUT2D eigenvalue weighted by atomic mass is 9.92. The van der Waals surface area contributed by atoms with Gasteiger partial charge in [-0.05, 0) is 38.2 Å². The van der Waals surface area contributed by atoms with Crippen LogP contribution in [0.1, 0.15) is 24.1 Å². The predicted molar refractivity (Wildman–Crippen MR) is 89.6 cm³/mol. The predicted octanol–water partition coefficient (Wildman–Crippen LogP) is 1.99. The minimum Gasteiger partial charge on any atom is -0.350 e. The molecule has 120 valence electrons. The van der Waals surface area contributed by atoms with Gasteiger partial charge in [0.1, 0.15) is 5.82 Å². The maximum absolute atomic E-state index is 4.67. The fourth-order valence-electron chi connectivity index (χ4n) is 3.74. The third-order valence-electron chi connectivity index (χ3n) is 4.95. The zero-order valence-electron chi connectivity index (χ0n) is 13.7. The van der Waals surface area contributed by atoms with E-state index in [-0.39, 0.29) is 0 Å². The molecule has 2 aliphatic rings. The highest BCUT2D eigenvalue weighted by atomic mass is 15.3. The fraction of sp³-hybridized carbons (Fsp3) is 0.529. The van der Waals surface area contributed by atoms with Gasteiger partial charge in [-0.1, -0.05) is 0 Å². The molecular formula is C17H22N6. The number of aryl methyl sites for hydroxylation is 2. The highest BCUT2D eigenvalue weighted by Gasteiger charge is 2.39. The summed E-state index contributed by atoms with van der Waals surface area (Å²) in [6.07, 6.45) is 9.92. The van der Waals surface area contributed by atoms with Crippen molar-refractivity contribution < 1.29 is 0 Å². The number of aromatic nitrogens is 4. The summed E-state index contributed by atoms with van der Waals surface area (Å²) in [4.78, 5) is 22.7. The van der Waals surface area contributed by atoms with E-state index in [1.165, 1.54) is 12.8 Å². The molecule has 23 heavy (non-hydrogen) atoms. The van der Waals surface area contributed by atoms with Crippen molar-refractivity contribution in [2.24, 2.45) is 5.92 Å². The molecule has 0 spiro atoms. The van der Waals surface area contributed by atoms with Crippen LogP contribution in [0.25, 0.3) is 0 Å². The molecule has 2 unspecified atom stereocenters. The quantitative estimate of drug-likeness (QED) is 0.845.